The second-order valence-corrected chi connectivity index (χ2v) is 5.10. The fourth-order valence-electron chi connectivity index (χ4n) is 2.58. The molecule has 108 valence electrons. The molecule has 1 heterocycles. The molecule has 1 aliphatic rings. The Morgan fingerprint density at radius 2 is 1.85 bits per heavy atom. The second-order valence-electron chi connectivity index (χ2n) is 5.10. The summed E-state index contributed by atoms with van der Waals surface area (Å²) in [7, 11) is 1.58. The molecule has 0 radical (unpaired) electrons. The summed E-state index contributed by atoms with van der Waals surface area (Å²) in [5.41, 5.74) is 2.60. The number of nitrogens with zero attached hydrogens (tertiary/aromatic N) is 2. The van der Waals surface area contributed by atoms with Crippen LogP contribution in [0.25, 0.3) is 0 Å². The van der Waals surface area contributed by atoms with E-state index < -0.39 is 0 Å². The fourth-order valence-corrected chi connectivity index (χ4v) is 2.58. The molecule has 1 fully saturated rings. The smallest absolute Gasteiger partial charge is 0.257 e. The predicted octanol–water partition coefficient (Wildman–Crippen LogP) is 1.23. The Bertz CT molecular complexity index is 520. The molecule has 0 aliphatic carbocycles. The van der Waals surface area contributed by atoms with E-state index in [9.17, 15) is 9.59 Å². The van der Waals surface area contributed by atoms with Gasteiger partial charge in [-0.25, -0.2) is 0 Å². The van der Waals surface area contributed by atoms with Gasteiger partial charge in [0.2, 0.25) is 6.41 Å². The number of carbonyl (C=O) groups excluding carboxylic acids is 2. The number of carbonyl (C=O) groups is 2. The third kappa shape index (κ3) is 2.76. The standard InChI is InChI=1S/C15H20N2O3/c1-11-8-12(2)14(20-3)13(9-11)15(19)17-6-4-16(10-18)5-7-17/h8-10H,4-7H2,1-3H3. The van der Waals surface area contributed by atoms with E-state index in [0.717, 1.165) is 17.5 Å². The first kappa shape index (κ1) is 14.4. The number of hydrogen-bond donors (Lipinski definition) is 0. The van der Waals surface area contributed by atoms with Crippen LogP contribution in [0.4, 0.5) is 0 Å². The Kier molecular flexibility index (Phi) is 4.27. The van der Waals surface area contributed by atoms with Crippen LogP contribution in [0.2, 0.25) is 0 Å². The summed E-state index contributed by atoms with van der Waals surface area (Å²) in [4.78, 5) is 26.8. The van der Waals surface area contributed by atoms with Crippen LogP contribution in [0.1, 0.15) is 21.5 Å². The number of hydrogen-bond acceptors (Lipinski definition) is 3. The molecule has 20 heavy (non-hydrogen) atoms. The summed E-state index contributed by atoms with van der Waals surface area (Å²) in [5.74, 6) is 0.609. The molecule has 2 rings (SSSR count). The Morgan fingerprint density at radius 1 is 1.20 bits per heavy atom. The van der Waals surface area contributed by atoms with Gasteiger partial charge >= 0.3 is 0 Å². The summed E-state index contributed by atoms with van der Waals surface area (Å²) in [5, 5.41) is 0. The van der Waals surface area contributed by atoms with Gasteiger partial charge in [-0.15, -0.1) is 0 Å². The van der Waals surface area contributed by atoms with Gasteiger partial charge in [0.1, 0.15) is 5.75 Å². The molecular weight excluding hydrogens is 256 g/mol. The van der Waals surface area contributed by atoms with Crippen LogP contribution in [0, 0.1) is 13.8 Å². The normalized spacial score (nSPS) is 15.2. The minimum Gasteiger partial charge on any atom is -0.496 e. The number of benzene rings is 1. The average molecular weight is 276 g/mol. The first-order chi connectivity index (χ1) is 9.56. The molecule has 0 atom stereocenters. The van der Waals surface area contributed by atoms with Crippen molar-refractivity contribution in [1.29, 1.82) is 0 Å². The van der Waals surface area contributed by atoms with E-state index in [1.807, 2.05) is 26.0 Å². The highest BCUT2D eigenvalue weighted by molar-refractivity contribution is 5.97. The lowest BCUT2D eigenvalue weighted by molar-refractivity contribution is -0.119. The largest absolute Gasteiger partial charge is 0.496 e. The number of amides is 2. The number of methoxy groups -OCH3 is 1. The zero-order valence-electron chi connectivity index (χ0n) is 12.2. The third-order valence-corrected chi connectivity index (χ3v) is 3.60. The molecule has 5 heteroatoms. The van der Waals surface area contributed by atoms with E-state index in [4.69, 9.17) is 4.74 Å². The molecule has 1 saturated heterocycles. The van der Waals surface area contributed by atoms with Gasteiger partial charge in [0.15, 0.2) is 0 Å². The summed E-state index contributed by atoms with van der Waals surface area (Å²) in [6.45, 7) is 6.20. The number of piperazine rings is 1. The lowest BCUT2D eigenvalue weighted by Crippen LogP contribution is -2.48. The maximum absolute atomic E-state index is 12.6. The average Bonchev–Trinajstić information content (AvgIpc) is 2.46. The monoisotopic (exact) mass is 276 g/mol. The molecule has 0 unspecified atom stereocenters. The molecule has 0 aromatic heterocycles. The quantitative estimate of drug-likeness (QED) is 0.780. The number of rotatable bonds is 3. The van der Waals surface area contributed by atoms with Crippen molar-refractivity contribution in [2.45, 2.75) is 13.8 Å². The Labute approximate surface area is 119 Å². The van der Waals surface area contributed by atoms with Gasteiger partial charge in [0.05, 0.1) is 12.7 Å². The maximum atomic E-state index is 12.6. The van der Waals surface area contributed by atoms with E-state index in [1.165, 1.54) is 0 Å². The van der Waals surface area contributed by atoms with Crippen molar-refractivity contribution >= 4 is 12.3 Å². The molecule has 1 aromatic rings. The fraction of sp³-hybridized carbons (Fsp3) is 0.467. The molecule has 1 aliphatic heterocycles. The van der Waals surface area contributed by atoms with Crippen LogP contribution in [0.15, 0.2) is 12.1 Å². The minimum absolute atomic E-state index is 0.0285. The van der Waals surface area contributed by atoms with Crippen LogP contribution in [0.3, 0.4) is 0 Å². The van der Waals surface area contributed by atoms with Gasteiger partial charge in [-0.3, -0.25) is 9.59 Å². The van der Waals surface area contributed by atoms with Crippen LogP contribution in [-0.2, 0) is 4.79 Å². The number of aryl methyl sites for hydroxylation is 2. The van der Waals surface area contributed by atoms with Crippen LogP contribution in [-0.4, -0.2) is 55.4 Å². The molecule has 0 saturated carbocycles. The summed E-state index contributed by atoms with van der Waals surface area (Å²) < 4.78 is 5.37. The van der Waals surface area contributed by atoms with Crippen molar-refractivity contribution in [2.24, 2.45) is 0 Å². The van der Waals surface area contributed by atoms with Crippen LogP contribution >= 0.6 is 0 Å². The molecule has 1 aromatic carbocycles. The Morgan fingerprint density at radius 3 is 2.40 bits per heavy atom. The van der Waals surface area contributed by atoms with Crippen LogP contribution < -0.4 is 4.74 Å². The van der Waals surface area contributed by atoms with Crippen molar-refractivity contribution in [2.75, 3.05) is 33.3 Å². The molecular formula is C15H20N2O3. The highest BCUT2D eigenvalue weighted by atomic mass is 16.5. The van der Waals surface area contributed by atoms with Gasteiger partial charge < -0.3 is 14.5 Å². The lowest BCUT2D eigenvalue weighted by Gasteiger charge is -2.33. The Balaban J connectivity index is 2.23. The highest BCUT2D eigenvalue weighted by Crippen LogP contribution is 2.26. The highest BCUT2D eigenvalue weighted by Gasteiger charge is 2.24. The van der Waals surface area contributed by atoms with Crippen LogP contribution in [0.5, 0.6) is 5.75 Å². The summed E-state index contributed by atoms with van der Waals surface area (Å²) >= 11 is 0. The molecule has 5 nitrogen and oxygen atoms in total. The van der Waals surface area contributed by atoms with Gasteiger partial charge in [-0.1, -0.05) is 6.07 Å². The van der Waals surface area contributed by atoms with Crippen molar-refractivity contribution < 1.29 is 14.3 Å². The third-order valence-electron chi connectivity index (χ3n) is 3.60. The van der Waals surface area contributed by atoms with Crippen molar-refractivity contribution in [1.82, 2.24) is 9.80 Å². The topological polar surface area (TPSA) is 49.9 Å². The van der Waals surface area contributed by atoms with E-state index in [2.05, 4.69) is 0 Å². The van der Waals surface area contributed by atoms with Gasteiger partial charge in [0.25, 0.3) is 5.91 Å². The summed E-state index contributed by atoms with van der Waals surface area (Å²) in [6.07, 6.45) is 0.833. The predicted molar refractivity (Wildman–Crippen MR) is 76.0 cm³/mol. The lowest BCUT2D eigenvalue weighted by atomic mass is 10.0. The Hall–Kier alpha value is -2.04. The summed E-state index contributed by atoms with van der Waals surface area (Å²) in [6, 6.07) is 3.86. The first-order valence-electron chi connectivity index (χ1n) is 6.70. The minimum atomic E-state index is -0.0285. The maximum Gasteiger partial charge on any atom is 0.257 e. The van der Waals surface area contributed by atoms with E-state index >= 15 is 0 Å². The zero-order valence-corrected chi connectivity index (χ0v) is 12.2. The zero-order chi connectivity index (χ0) is 14.7. The number of ether oxygens (including phenoxy) is 1. The van der Waals surface area contributed by atoms with Crippen molar-refractivity contribution in [3.63, 3.8) is 0 Å². The van der Waals surface area contributed by atoms with Crippen molar-refractivity contribution in [3.05, 3.63) is 28.8 Å². The molecule has 2 amide bonds. The van der Waals surface area contributed by atoms with Gasteiger partial charge in [-0.2, -0.15) is 0 Å². The van der Waals surface area contributed by atoms with Crippen molar-refractivity contribution in [3.8, 4) is 5.75 Å². The second kappa shape index (κ2) is 5.94. The van der Waals surface area contributed by atoms with Gasteiger partial charge in [0, 0.05) is 26.2 Å². The SMILES string of the molecule is COc1c(C)cc(C)cc1C(=O)N1CCN(C=O)CC1. The molecule has 0 spiro atoms. The van der Waals surface area contributed by atoms with E-state index in [-0.39, 0.29) is 5.91 Å². The molecule has 0 N–H and O–H groups in total. The molecule has 0 bridgehead atoms. The first-order valence-corrected chi connectivity index (χ1v) is 6.70. The van der Waals surface area contributed by atoms with E-state index in [0.29, 0.717) is 37.5 Å². The van der Waals surface area contributed by atoms with E-state index in [1.54, 1.807) is 16.9 Å². The van der Waals surface area contributed by atoms with Gasteiger partial charge in [-0.05, 0) is 31.0 Å².